The average Bonchev–Trinajstić information content (AvgIpc) is 2.70. The van der Waals surface area contributed by atoms with E-state index < -0.39 is 5.82 Å². The minimum absolute atomic E-state index is 0.0633. The maximum Gasteiger partial charge on any atom is 0.203 e. The van der Waals surface area contributed by atoms with Crippen LogP contribution in [0.4, 0.5) is 9.52 Å². The zero-order chi connectivity index (χ0) is 12.3. The molecule has 0 bridgehead atoms. The third-order valence-electron chi connectivity index (χ3n) is 1.96. The van der Waals surface area contributed by atoms with E-state index in [1.54, 1.807) is 12.1 Å². The van der Waals surface area contributed by atoms with Crippen molar-refractivity contribution in [2.45, 2.75) is 6.92 Å². The highest BCUT2D eigenvalue weighted by molar-refractivity contribution is 7.13. The Morgan fingerprint density at radius 2 is 2.35 bits per heavy atom. The van der Waals surface area contributed by atoms with Crippen molar-refractivity contribution < 1.29 is 4.39 Å². The number of hydrazone groups is 1. The zero-order valence-electron chi connectivity index (χ0n) is 8.95. The van der Waals surface area contributed by atoms with Gasteiger partial charge >= 0.3 is 0 Å². The summed E-state index contributed by atoms with van der Waals surface area (Å²) < 4.78 is 13.1. The van der Waals surface area contributed by atoms with Gasteiger partial charge in [-0.3, -0.25) is 5.43 Å². The fourth-order valence-corrected chi connectivity index (χ4v) is 1.99. The maximum atomic E-state index is 13.1. The van der Waals surface area contributed by atoms with Crippen molar-refractivity contribution >= 4 is 34.3 Å². The number of rotatable bonds is 3. The Kier molecular flexibility index (Phi) is 3.71. The van der Waals surface area contributed by atoms with Gasteiger partial charge in [0, 0.05) is 10.9 Å². The second kappa shape index (κ2) is 5.25. The van der Waals surface area contributed by atoms with Crippen molar-refractivity contribution in [1.82, 2.24) is 4.98 Å². The molecule has 0 aliphatic carbocycles. The van der Waals surface area contributed by atoms with Gasteiger partial charge in [0.05, 0.1) is 16.9 Å². The van der Waals surface area contributed by atoms with Gasteiger partial charge in [0.1, 0.15) is 5.82 Å². The van der Waals surface area contributed by atoms with E-state index in [-0.39, 0.29) is 5.02 Å². The third kappa shape index (κ3) is 3.01. The third-order valence-corrected chi connectivity index (χ3v) is 3.23. The first-order chi connectivity index (χ1) is 8.16. The molecule has 0 aliphatic heterocycles. The van der Waals surface area contributed by atoms with Crippen molar-refractivity contribution in [2.75, 3.05) is 5.43 Å². The summed E-state index contributed by atoms with van der Waals surface area (Å²) in [6.07, 6.45) is 1.46. The highest BCUT2D eigenvalue weighted by Gasteiger charge is 2.02. The van der Waals surface area contributed by atoms with E-state index in [2.05, 4.69) is 15.5 Å². The monoisotopic (exact) mass is 269 g/mol. The normalized spacial score (nSPS) is 11.0. The quantitative estimate of drug-likeness (QED) is 0.682. The SMILES string of the molecule is Cc1csc(NN=Cc2cccc(F)c2Cl)n1. The first kappa shape index (κ1) is 12.0. The predicted molar refractivity (Wildman–Crippen MR) is 69.5 cm³/mol. The molecule has 0 atom stereocenters. The van der Waals surface area contributed by atoms with Crippen molar-refractivity contribution in [3.05, 3.63) is 45.7 Å². The second-order valence-corrected chi connectivity index (χ2v) is 4.54. The van der Waals surface area contributed by atoms with Crippen LogP contribution in [-0.2, 0) is 0 Å². The van der Waals surface area contributed by atoms with Gasteiger partial charge in [-0.25, -0.2) is 9.37 Å². The summed E-state index contributed by atoms with van der Waals surface area (Å²) in [5.74, 6) is -0.458. The molecule has 1 heterocycles. The molecule has 6 heteroatoms. The number of aryl methyl sites for hydroxylation is 1. The van der Waals surface area contributed by atoms with Crippen LogP contribution >= 0.6 is 22.9 Å². The van der Waals surface area contributed by atoms with Gasteiger partial charge in [-0.15, -0.1) is 11.3 Å². The number of hydrogen-bond acceptors (Lipinski definition) is 4. The van der Waals surface area contributed by atoms with Crippen LogP contribution in [0.1, 0.15) is 11.3 Å². The van der Waals surface area contributed by atoms with E-state index in [0.29, 0.717) is 10.7 Å². The Hall–Kier alpha value is -1.46. The first-order valence-electron chi connectivity index (χ1n) is 4.82. The number of halogens is 2. The molecule has 88 valence electrons. The topological polar surface area (TPSA) is 37.3 Å². The average molecular weight is 270 g/mol. The van der Waals surface area contributed by atoms with Gasteiger partial charge in [-0.1, -0.05) is 23.7 Å². The lowest BCUT2D eigenvalue weighted by atomic mass is 10.2. The van der Waals surface area contributed by atoms with Crippen molar-refractivity contribution in [3.8, 4) is 0 Å². The Morgan fingerprint density at radius 1 is 1.53 bits per heavy atom. The number of anilines is 1. The number of aromatic nitrogens is 1. The van der Waals surface area contributed by atoms with Crippen LogP contribution in [0.15, 0.2) is 28.7 Å². The maximum absolute atomic E-state index is 13.1. The van der Waals surface area contributed by atoms with Crippen LogP contribution < -0.4 is 5.43 Å². The van der Waals surface area contributed by atoms with Gasteiger partial charge in [0.2, 0.25) is 5.13 Å². The van der Waals surface area contributed by atoms with Gasteiger partial charge in [-0.05, 0) is 13.0 Å². The molecule has 1 aromatic carbocycles. The molecule has 2 rings (SSSR count). The lowest BCUT2D eigenvalue weighted by Gasteiger charge is -1.98. The molecular formula is C11H9ClFN3S. The van der Waals surface area contributed by atoms with Crippen LogP contribution in [0.25, 0.3) is 0 Å². The molecule has 0 amide bonds. The molecule has 0 aliphatic rings. The summed E-state index contributed by atoms with van der Waals surface area (Å²) in [5, 5.41) is 6.61. The fraction of sp³-hybridized carbons (Fsp3) is 0.0909. The molecule has 0 saturated heterocycles. The Bertz CT molecular complexity index is 553. The van der Waals surface area contributed by atoms with Gasteiger partial charge in [0.15, 0.2) is 0 Å². The molecule has 0 radical (unpaired) electrons. The van der Waals surface area contributed by atoms with Gasteiger partial charge < -0.3 is 0 Å². The summed E-state index contributed by atoms with van der Waals surface area (Å²) in [6.45, 7) is 1.90. The van der Waals surface area contributed by atoms with Crippen LogP contribution in [0.5, 0.6) is 0 Å². The molecule has 3 nitrogen and oxygen atoms in total. The summed E-state index contributed by atoms with van der Waals surface area (Å²) in [5.41, 5.74) is 4.20. The molecule has 1 aromatic heterocycles. The molecule has 0 fully saturated rings. The minimum atomic E-state index is -0.458. The van der Waals surface area contributed by atoms with Crippen LogP contribution in [-0.4, -0.2) is 11.2 Å². The van der Waals surface area contributed by atoms with Crippen LogP contribution in [0, 0.1) is 12.7 Å². The summed E-state index contributed by atoms with van der Waals surface area (Å²) in [7, 11) is 0. The first-order valence-corrected chi connectivity index (χ1v) is 6.08. The number of benzene rings is 1. The standard InChI is InChI=1S/C11H9ClFN3S/c1-7-6-17-11(15-7)16-14-5-8-3-2-4-9(13)10(8)12/h2-6H,1H3,(H,15,16). The van der Waals surface area contributed by atoms with E-state index in [4.69, 9.17) is 11.6 Å². The van der Waals surface area contributed by atoms with E-state index in [1.165, 1.54) is 23.6 Å². The molecule has 0 unspecified atom stereocenters. The highest BCUT2D eigenvalue weighted by atomic mass is 35.5. The van der Waals surface area contributed by atoms with E-state index in [9.17, 15) is 4.39 Å². The molecule has 0 spiro atoms. The summed E-state index contributed by atoms with van der Waals surface area (Å²) >= 11 is 7.22. The number of thiazole rings is 1. The van der Waals surface area contributed by atoms with Crippen molar-refractivity contribution in [2.24, 2.45) is 5.10 Å². The fourth-order valence-electron chi connectivity index (χ4n) is 1.18. The predicted octanol–water partition coefficient (Wildman–Crippen LogP) is 3.69. The largest absolute Gasteiger partial charge is 0.253 e. The van der Waals surface area contributed by atoms with Crippen molar-refractivity contribution in [1.29, 1.82) is 0 Å². The van der Waals surface area contributed by atoms with E-state index in [1.807, 2.05) is 12.3 Å². The van der Waals surface area contributed by atoms with Crippen molar-refractivity contribution in [3.63, 3.8) is 0 Å². The van der Waals surface area contributed by atoms with Gasteiger partial charge in [0.25, 0.3) is 0 Å². The molecule has 17 heavy (non-hydrogen) atoms. The highest BCUT2D eigenvalue weighted by Crippen LogP contribution is 2.18. The number of nitrogens with zero attached hydrogens (tertiary/aromatic N) is 2. The summed E-state index contributed by atoms with van der Waals surface area (Å²) in [4.78, 5) is 4.17. The number of hydrogen-bond donors (Lipinski definition) is 1. The Morgan fingerprint density at radius 3 is 3.06 bits per heavy atom. The minimum Gasteiger partial charge on any atom is -0.253 e. The second-order valence-electron chi connectivity index (χ2n) is 3.31. The van der Waals surface area contributed by atoms with E-state index >= 15 is 0 Å². The Balaban J connectivity index is 2.08. The molecular weight excluding hydrogens is 261 g/mol. The zero-order valence-corrected chi connectivity index (χ0v) is 10.5. The smallest absolute Gasteiger partial charge is 0.203 e. The van der Waals surface area contributed by atoms with Gasteiger partial charge in [-0.2, -0.15) is 5.10 Å². The molecule has 1 N–H and O–H groups in total. The van der Waals surface area contributed by atoms with Crippen LogP contribution in [0.3, 0.4) is 0 Å². The lowest BCUT2D eigenvalue weighted by molar-refractivity contribution is 0.628. The van der Waals surface area contributed by atoms with E-state index in [0.717, 1.165) is 5.69 Å². The molecule has 2 aromatic rings. The number of nitrogens with one attached hydrogen (secondary N) is 1. The van der Waals surface area contributed by atoms with Crippen LogP contribution in [0.2, 0.25) is 5.02 Å². The molecule has 0 saturated carbocycles. The summed E-state index contributed by atoms with van der Waals surface area (Å²) in [6, 6.07) is 4.57. The lowest BCUT2D eigenvalue weighted by Crippen LogP contribution is -1.92. The Labute approximate surface area is 107 Å².